The monoisotopic (exact) mass is 654 g/mol. The molecule has 2 unspecified atom stereocenters. The Bertz CT molecular complexity index is 1560. The molecule has 0 radical (unpaired) electrons. The predicted molar refractivity (Wildman–Crippen MR) is 156 cm³/mol. The Hall–Kier alpha value is -2.81. The van der Waals surface area contributed by atoms with E-state index >= 15 is 4.39 Å². The standard InChI is InChI=1S/C30H32ClF5N6O3/c31-19-8-16(37)7-18(21(19)30(34,35)36)23-22(33)24-20-25(40-27(39-24)44-12-28-4-2-5-41(28)11-15(32)9-28)42-6-1-3-17(42)10-29(13-43-14-29)45-26(20)38-23/h7-8,15,17,20,26H,1-6,9-14,37H2/t15-,17-,20?,26?,28+/m1/s1. The van der Waals surface area contributed by atoms with Crippen LogP contribution in [-0.2, 0) is 20.4 Å². The molecule has 7 aliphatic rings. The van der Waals surface area contributed by atoms with Crippen molar-refractivity contribution in [3.05, 3.63) is 39.8 Å². The topological polar surface area (TPSA) is 97.3 Å². The third-order valence-electron chi connectivity index (χ3n) is 10.2. The van der Waals surface area contributed by atoms with Gasteiger partial charge >= 0.3 is 12.2 Å². The van der Waals surface area contributed by atoms with Crippen molar-refractivity contribution < 1.29 is 36.2 Å². The van der Waals surface area contributed by atoms with Crippen LogP contribution in [0.2, 0.25) is 5.02 Å². The molecule has 0 aliphatic carbocycles. The van der Waals surface area contributed by atoms with E-state index in [-0.39, 0.29) is 43.3 Å². The van der Waals surface area contributed by atoms with Gasteiger partial charge in [-0.1, -0.05) is 11.6 Å². The Morgan fingerprint density at radius 1 is 1.13 bits per heavy atom. The van der Waals surface area contributed by atoms with E-state index < -0.39 is 63.3 Å². The van der Waals surface area contributed by atoms with Crippen LogP contribution in [0.3, 0.4) is 0 Å². The van der Waals surface area contributed by atoms with Crippen molar-refractivity contribution >= 4 is 34.9 Å². The summed E-state index contributed by atoms with van der Waals surface area (Å²) < 4.78 is 92.5. The maximum Gasteiger partial charge on any atom is 0.418 e. The van der Waals surface area contributed by atoms with Gasteiger partial charge in [-0.05, 0) is 44.4 Å². The molecule has 1 aromatic rings. The quantitative estimate of drug-likeness (QED) is 0.369. The van der Waals surface area contributed by atoms with Crippen LogP contribution in [0.25, 0.3) is 0 Å². The van der Waals surface area contributed by atoms with Gasteiger partial charge in [0.1, 0.15) is 35.8 Å². The van der Waals surface area contributed by atoms with Crippen LogP contribution in [-0.4, -0.2) is 96.4 Å². The van der Waals surface area contributed by atoms with Gasteiger partial charge in [-0.15, -0.1) is 0 Å². The lowest BCUT2D eigenvalue weighted by molar-refractivity contribution is -0.242. The van der Waals surface area contributed by atoms with Crippen LogP contribution >= 0.6 is 11.6 Å². The first-order chi connectivity index (χ1) is 21.5. The fourth-order valence-electron chi connectivity index (χ4n) is 8.25. The lowest BCUT2D eigenvalue weighted by Crippen LogP contribution is -2.62. The lowest BCUT2D eigenvalue weighted by atomic mass is 9.86. The number of alkyl halides is 4. The fourth-order valence-corrected chi connectivity index (χ4v) is 8.59. The summed E-state index contributed by atoms with van der Waals surface area (Å²) in [7, 11) is 0. The molecular formula is C30H32ClF5N6O3. The minimum Gasteiger partial charge on any atom is -0.461 e. The summed E-state index contributed by atoms with van der Waals surface area (Å²) in [6.07, 6.45) is -2.78. The summed E-state index contributed by atoms with van der Waals surface area (Å²) in [5, 5.41) is -0.677. The molecule has 5 saturated heterocycles. The van der Waals surface area contributed by atoms with Gasteiger partial charge < -0.3 is 24.8 Å². The first kappa shape index (κ1) is 29.6. The van der Waals surface area contributed by atoms with E-state index in [1.54, 1.807) is 0 Å². The second-order valence-corrected chi connectivity index (χ2v) is 13.6. The van der Waals surface area contributed by atoms with Crippen molar-refractivity contribution in [2.24, 2.45) is 20.9 Å². The molecule has 5 fully saturated rings. The zero-order valence-corrected chi connectivity index (χ0v) is 25.0. The van der Waals surface area contributed by atoms with Gasteiger partial charge in [-0.2, -0.15) is 23.2 Å². The molecule has 7 heterocycles. The van der Waals surface area contributed by atoms with E-state index in [9.17, 15) is 17.6 Å². The molecule has 1 aromatic carbocycles. The lowest BCUT2D eigenvalue weighted by Gasteiger charge is -2.50. The highest BCUT2D eigenvalue weighted by Gasteiger charge is 2.55. The number of rotatable bonds is 3. The van der Waals surface area contributed by atoms with E-state index in [0.717, 1.165) is 44.4 Å². The second kappa shape index (κ2) is 10.3. The van der Waals surface area contributed by atoms with Crippen molar-refractivity contribution in [1.82, 2.24) is 9.80 Å². The highest BCUT2D eigenvalue weighted by Crippen LogP contribution is 2.47. The molecule has 9 nitrogen and oxygen atoms in total. The van der Waals surface area contributed by atoms with Crippen molar-refractivity contribution in [3.8, 4) is 0 Å². The van der Waals surface area contributed by atoms with Gasteiger partial charge in [-0.3, -0.25) is 4.90 Å². The van der Waals surface area contributed by atoms with E-state index in [1.807, 2.05) is 0 Å². The number of nitrogens with two attached hydrogens (primary N) is 1. The number of hydrogen-bond acceptors (Lipinski definition) is 9. The predicted octanol–water partition coefficient (Wildman–Crippen LogP) is 4.88. The first-order valence-corrected chi connectivity index (χ1v) is 15.7. The molecule has 0 amide bonds. The van der Waals surface area contributed by atoms with Crippen molar-refractivity contribution in [1.29, 1.82) is 0 Å². The third kappa shape index (κ3) is 4.77. The Labute approximate surface area is 260 Å². The molecule has 45 heavy (non-hydrogen) atoms. The Kier molecular flexibility index (Phi) is 6.80. The normalized spacial score (nSPS) is 33.9. The average molecular weight is 655 g/mol. The smallest absolute Gasteiger partial charge is 0.418 e. The molecule has 242 valence electrons. The van der Waals surface area contributed by atoms with Gasteiger partial charge in [-0.25, -0.2) is 13.8 Å². The van der Waals surface area contributed by atoms with Gasteiger partial charge in [0.15, 0.2) is 12.1 Å². The van der Waals surface area contributed by atoms with Crippen molar-refractivity contribution in [2.75, 3.05) is 45.2 Å². The Balaban J connectivity index is 1.25. The first-order valence-electron chi connectivity index (χ1n) is 15.3. The number of hydrogen-bond donors (Lipinski definition) is 1. The fraction of sp³-hybridized carbons (Fsp3) is 0.633. The summed E-state index contributed by atoms with van der Waals surface area (Å²) in [5.41, 5.74) is 1.91. The van der Waals surface area contributed by atoms with E-state index in [4.69, 9.17) is 36.5 Å². The Morgan fingerprint density at radius 3 is 2.71 bits per heavy atom. The number of allylic oxidation sites excluding steroid dienone is 1. The van der Waals surface area contributed by atoms with Crippen LogP contribution in [0.5, 0.6) is 0 Å². The average Bonchev–Trinajstić information content (AvgIpc) is 3.63. The van der Waals surface area contributed by atoms with E-state index in [1.165, 1.54) is 0 Å². The highest BCUT2D eigenvalue weighted by molar-refractivity contribution is 6.32. The number of ether oxygens (including phenoxy) is 3. The second-order valence-electron chi connectivity index (χ2n) is 13.2. The maximum atomic E-state index is 16.8. The summed E-state index contributed by atoms with van der Waals surface area (Å²) in [5.74, 6) is -1.55. The molecule has 0 saturated carbocycles. The minimum atomic E-state index is -4.93. The SMILES string of the molecule is Nc1cc(Cl)c(C(F)(F)F)c(C2=NC3OC4(COC4)C[C@H]4CCCN4C4=NC(OC[C@@]56CCCN5C[C@H](F)C6)=NC(=C2F)C43)c1. The van der Waals surface area contributed by atoms with Crippen LogP contribution in [0.15, 0.2) is 38.6 Å². The number of nitrogens with zero attached hydrogens (tertiary/aromatic N) is 5. The van der Waals surface area contributed by atoms with Gasteiger partial charge in [0.25, 0.3) is 0 Å². The Morgan fingerprint density at radius 2 is 1.96 bits per heavy atom. The number of nitrogen functional groups attached to an aromatic ring is 1. The molecule has 15 heteroatoms. The summed E-state index contributed by atoms with van der Waals surface area (Å²) in [6, 6.07) is 1.89. The number of fused-ring (bicyclic) bond motifs is 3. The van der Waals surface area contributed by atoms with Crippen LogP contribution in [0.1, 0.15) is 49.7 Å². The summed E-state index contributed by atoms with van der Waals surface area (Å²) >= 11 is 6.05. The zero-order chi connectivity index (χ0) is 31.3. The van der Waals surface area contributed by atoms with E-state index in [0.29, 0.717) is 31.8 Å². The number of anilines is 1. The van der Waals surface area contributed by atoms with Crippen molar-refractivity contribution in [2.45, 2.75) is 74.3 Å². The van der Waals surface area contributed by atoms with E-state index in [2.05, 4.69) is 19.8 Å². The number of benzene rings is 1. The van der Waals surface area contributed by atoms with Gasteiger partial charge in [0.05, 0.1) is 35.0 Å². The summed E-state index contributed by atoms with van der Waals surface area (Å²) in [6.45, 7) is 2.41. The minimum absolute atomic E-state index is 0.0262. The van der Waals surface area contributed by atoms with Crippen molar-refractivity contribution in [3.63, 3.8) is 0 Å². The molecule has 0 bridgehead atoms. The molecule has 1 spiro atoms. The largest absolute Gasteiger partial charge is 0.461 e. The van der Waals surface area contributed by atoms with Crippen LogP contribution < -0.4 is 5.73 Å². The molecule has 2 N–H and O–H groups in total. The van der Waals surface area contributed by atoms with Gasteiger partial charge in [0, 0.05) is 43.2 Å². The number of aliphatic imine (C=N–C) groups is 3. The molecule has 0 aromatic heterocycles. The van der Waals surface area contributed by atoms with Crippen LogP contribution in [0.4, 0.5) is 27.6 Å². The number of amidine groups is 2. The number of halogens is 6. The number of dihydropyridines is 1. The van der Waals surface area contributed by atoms with Crippen LogP contribution in [0, 0.1) is 5.92 Å². The summed E-state index contributed by atoms with van der Waals surface area (Å²) in [4.78, 5) is 18.0. The zero-order valence-electron chi connectivity index (χ0n) is 24.3. The maximum absolute atomic E-state index is 16.8. The molecule has 8 rings (SSSR count). The molecule has 5 atom stereocenters. The molecule has 7 aliphatic heterocycles. The highest BCUT2D eigenvalue weighted by atomic mass is 35.5. The van der Waals surface area contributed by atoms with Gasteiger partial charge in [0.2, 0.25) is 0 Å². The third-order valence-corrected chi connectivity index (χ3v) is 10.5. The molecular weight excluding hydrogens is 623 g/mol.